The number of carbonyl (C=O) groups is 1. The first-order valence-corrected chi connectivity index (χ1v) is 9.29. The molecule has 0 aliphatic rings. The van der Waals surface area contributed by atoms with Crippen molar-refractivity contribution in [3.63, 3.8) is 0 Å². The van der Waals surface area contributed by atoms with E-state index in [2.05, 4.69) is 10.5 Å². The van der Waals surface area contributed by atoms with Crippen LogP contribution in [0.15, 0.2) is 53.2 Å². The van der Waals surface area contributed by atoms with Crippen LogP contribution in [0.25, 0.3) is 22.3 Å². The number of amides is 1. The fourth-order valence-corrected chi connectivity index (χ4v) is 3.45. The number of nitrogens with zero attached hydrogens (tertiary/aromatic N) is 3. The molecule has 1 N–H and O–H groups in total. The molecule has 1 aromatic carbocycles. The zero-order valence-corrected chi connectivity index (χ0v) is 16.3. The van der Waals surface area contributed by atoms with Crippen molar-refractivity contribution in [2.24, 2.45) is 0 Å². The van der Waals surface area contributed by atoms with Gasteiger partial charge in [-0.15, -0.1) is 0 Å². The quantitative estimate of drug-likeness (QED) is 0.548. The number of halogens is 1. The summed E-state index contributed by atoms with van der Waals surface area (Å²) in [5, 5.41) is 8.54. The molecule has 7 heteroatoms. The number of rotatable bonds is 5. The fraction of sp³-hybridized carbons (Fsp3) is 0.190. The number of fused-ring (bicyclic) bond motifs is 1. The molecule has 0 saturated carbocycles. The van der Waals surface area contributed by atoms with Gasteiger partial charge < -0.3 is 14.4 Å². The Morgan fingerprint density at radius 1 is 1.21 bits per heavy atom. The summed E-state index contributed by atoms with van der Waals surface area (Å²) in [5.74, 6) is 0.628. The molecule has 4 aromatic rings. The summed E-state index contributed by atoms with van der Waals surface area (Å²) in [6.07, 6.45) is 1.87. The minimum Gasteiger partial charge on any atom is -0.361 e. The van der Waals surface area contributed by atoms with Crippen LogP contribution in [0.1, 0.15) is 17.0 Å². The number of hydrogen-bond acceptors (Lipinski definition) is 4. The maximum Gasteiger partial charge on any atom is 0.240 e. The van der Waals surface area contributed by atoms with Crippen molar-refractivity contribution < 1.29 is 9.32 Å². The van der Waals surface area contributed by atoms with Crippen molar-refractivity contribution in [3.8, 4) is 11.3 Å². The van der Waals surface area contributed by atoms with E-state index in [1.54, 1.807) is 6.07 Å². The molecule has 4 rings (SSSR count). The molecule has 28 heavy (non-hydrogen) atoms. The summed E-state index contributed by atoms with van der Waals surface area (Å²) in [6.45, 7) is 4.36. The van der Waals surface area contributed by atoms with Crippen LogP contribution in [0, 0.1) is 13.8 Å². The molecule has 0 spiro atoms. The molecular formula is C21H19ClN4O2. The molecule has 3 aromatic heterocycles. The van der Waals surface area contributed by atoms with E-state index < -0.39 is 0 Å². The van der Waals surface area contributed by atoms with Crippen molar-refractivity contribution in [2.75, 3.05) is 0 Å². The van der Waals surface area contributed by atoms with Crippen LogP contribution < -0.4 is 5.32 Å². The lowest BCUT2D eigenvalue weighted by molar-refractivity contribution is -0.121. The molecule has 3 heterocycles. The highest BCUT2D eigenvalue weighted by atomic mass is 35.5. The Morgan fingerprint density at radius 2 is 2.07 bits per heavy atom. The molecule has 0 saturated heterocycles. The fourth-order valence-electron chi connectivity index (χ4n) is 3.23. The van der Waals surface area contributed by atoms with Gasteiger partial charge in [-0.25, -0.2) is 4.98 Å². The van der Waals surface area contributed by atoms with Crippen molar-refractivity contribution >= 4 is 28.5 Å². The lowest BCUT2D eigenvalue weighted by Crippen LogP contribution is -2.26. The second-order valence-corrected chi connectivity index (χ2v) is 7.10. The summed E-state index contributed by atoms with van der Waals surface area (Å²) >= 11 is 5.98. The van der Waals surface area contributed by atoms with Gasteiger partial charge in [0.05, 0.1) is 17.0 Å². The Balaban J connectivity index is 1.54. The third-order valence-electron chi connectivity index (χ3n) is 4.59. The molecule has 0 aliphatic heterocycles. The molecule has 142 valence electrons. The average Bonchev–Trinajstić information content (AvgIpc) is 3.22. The number of hydrogen-bond donors (Lipinski definition) is 1. The highest BCUT2D eigenvalue weighted by Gasteiger charge is 2.15. The van der Waals surface area contributed by atoms with E-state index in [9.17, 15) is 4.79 Å². The second kappa shape index (κ2) is 7.48. The zero-order chi connectivity index (χ0) is 19.7. The maximum atomic E-state index is 12.4. The van der Waals surface area contributed by atoms with Gasteiger partial charge in [-0.1, -0.05) is 28.9 Å². The Hall–Kier alpha value is -3.12. The lowest BCUT2D eigenvalue weighted by Gasteiger charge is -2.08. The van der Waals surface area contributed by atoms with E-state index in [-0.39, 0.29) is 12.5 Å². The number of pyridine rings is 1. The first kappa shape index (κ1) is 18.3. The Labute approximate surface area is 167 Å². The molecule has 0 unspecified atom stereocenters. The largest absolute Gasteiger partial charge is 0.361 e. The summed E-state index contributed by atoms with van der Waals surface area (Å²) < 4.78 is 7.09. The zero-order valence-electron chi connectivity index (χ0n) is 15.6. The monoisotopic (exact) mass is 394 g/mol. The van der Waals surface area contributed by atoms with E-state index >= 15 is 0 Å². The summed E-state index contributed by atoms with van der Waals surface area (Å²) in [7, 11) is 0. The summed E-state index contributed by atoms with van der Waals surface area (Å²) in [5.41, 5.74) is 4.16. The van der Waals surface area contributed by atoms with Crippen LogP contribution in [0.2, 0.25) is 5.02 Å². The second-order valence-electron chi connectivity index (χ2n) is 6.66. The molecule has 0 fully saturated rings. The van der Waals surface area contributed by atoms with Gasteiger partial charge in [0.25, 0.3) is 0 Å². The van der Waals surface area contributed by atoms with Crippen LogP contribution in [-0.2, 0) is 17.9 Å². The molecular weight excluding hydrogens is 376 g/mol. The van der Waals surface area contributed by atoms with E-state index in [1.165, 1.54) is 0 Å². The number of nitrogens with one attached hydrogen (secondary N) is 1. The van der Waals surface area contributed by atoms with Crippen LogP contribution in [-0.4, -0.2) is 20.6 Å². The summed E-state index contributed by atoms with van der Waals surface area (Å²) in [6, 6.07) is 13.3. The van der Waals surface area contributed by atoms with Gasteiger partial charge in [-0.05, 0) is 49.7 Å². The van der Waals surface area contributed by atoms with Gasteiger partial charge in [0.15, 0.2) is 0 Å². The standard InChI is InChI=1S/C21H19ClN4O2/c1-13-20(14(2)28-25-13)18-7-6-16-8-9-26(21(16)24-18)12-19(27)23-11-15-4-3-5-17(22)10-15/h3-10H,11-12H2,1-2H3,(H,23,27). The van der Waals surface area contributed by atoms with Crippen molar-refractivity contribution in [3.05, 3.63) is 70.7 Å². The summed E-state index contributed by atoms with van der Waals surface area (Å²) in [4.78, 5) is 17.2. The number of carbonyl (C=O) groups excluding carboxylic acids is 1. The number of aryl methyl sites for hydroxylation is 2. The van der Waals surface area contributed by atoms with Gasteiger partial charge in [0, 0.05) is 23.2 Å². The maximum absolute atomic E-state index is 12.4. The van der Waals surface area contributed by atoms with Gasteiger partial charge in [-0.3, -0.25) is 4.79 Å². The number of aromatic nitrogens is 3. The van der Waals surface area contributed by atoms with E-state index in [0.29, 0.717) is 11.6 Å². The van der Waals surface area contributed by atoms with Crippen LogP contribution in [0.4, 0.5) is 0 Å². The third-order valence-corrected chi connectivity index (χ3v) is 4.83. The predicted octanol–water partition coefficient (Wildman–Crippen LogP) is 4.28. The van der Waals surface area contributed by atoms with E-state index in [4.69, 9.17) is 21.1 Å². The Kier molecular flexibility index (Phi) is 4.88. The van der Waals surface area contributed by atoms with Gasteiger partial charge in [0.1, 0.15) is 18.0 Å². The number of benzene rings is 1. The van der Waals surface area contributed by atoms with Crippen molar-refractivity contribution in [2.45, 2.75) is 26.9 Å². The topological polar surface area (TPSA) is 73.0 Å². The molecule has 1 amide bonds. The van der Waals surface area contributed by atoms with Crippen molar-refractivity contribution in [1.82, 2.24) is 20.0 Å². The van der Waals surface area contributed by atoms with Crippen molar-refractivity contribution in [1.29, 1.82) is 0 Å². The minimum absolute atomic E-state index is 0.0954. The normalized spacial score (nSPS) is 11.1. The van der Waals surface area contributed by atoms with E-state index in [0.717, 1.165) is 39.3 Å². The Bertz CT molecular complexity index is 1140. The highest BCUT2D eigenvalue weighted by molar-refractivity contribution is 6.30. The molecule has 0 atom stereocenters. The highest BCUT2D eigenvalue weighted by Crippen LogP contribution is 2.27. The van der Waals surface area contributed by atoms with E-state index in [1.807, 2.05) is 61.0 Å². The van der Waals surface area contributed by atoms with Crippen LogP contribution in [0.5, 0.6) is 0 Å². The average molecular weight is 395 g/mol. The van der Waals surface area contributed by atoms with Crippen LogP contribution in [0.3, 0.4) is 0 Å². The van der Waals surface area contributed by atoms with Gasteiger partial charge in [0.2, 0.25) is 5.91 Å². The molecule has 0 bridgehead atoms. The minimum atomic E-state index is -0.0954. The Morgan fingerprint density at radius 3 is 2.82 bits per heavy atom. The SMILES string of the molecule is Cc1noc(C)c1-c1ccc2ccn(CC(=O)NCc3cccc(Cl)c3)c2n1. The predicted molar refractivity (Wildman–Crippen MR) is 108 cm³/mol. The van der Waals surface area contributed by atoms with Gasteiger partial charge >= 0.3 is 0 Å². The first-order chi connectivity index (χ1) is 13.5. The van der Waals surface area contributed by atoms with Crippen LogP contribution >= 0.6 is 11.6 Å². The molecule has 6 nitrogen and oxygen atoms in total. The van der Waals surface area contributed by atoms with Gasteiger partial charge in [-0.2, -0.15) is 0 Å². The molecule has 0 radical (unpaired) electrons. The smallest absolute Gasteiger partial charge is 0.240 e. The third kappa shape index (κ3) is 3.64. The lowest BCUT2D eigenvalue weighted by atomic mass is 10.1. The first-order valence-electron chi connectivity index (χ1n) is 8.91. The molecule has 0 aliphatic carbocycles.